The third kappa shape index (κ3) is 4.55. The maximum absolute atomic E-state index is 13.7. The van der Waals surface area contributed by atoms with Gasteiger partial charge in [-0.2, -0.15) is 23.4 Å². The maximum Gasteiger partial charge on any atom is 0.433 e. The summed E-state index contributed by atoms with van der Waals surface area (Å²) in [7, 11) is 0. The number of halogens is 3. The molecule has 2 aliphatic rings. The van der Waals surface area contributed by atoms with Gasteiger partial charge in [-0.15, -0.1) is 0 Å². The van der Waals surface area contributed by atoms with E-state index in [0.29, 0.717) is 38.4 Å². The minimum Gasteiger partial charge on any atom is -0.335 e. The molecule has 2 fully saturated rings. The lowest BCUT2D eigenvalue weighted by molar-refractivity contribution is -0.142. The predicted octanol–water partition coefficient (Wildman–Crippen LogP) is 4.39. The predicted molar refractivity (Wildman–Crippen MR) is 134 cm³/mol. The van der Waals surface area contributed by atoms with E-state index in [4.69, 9.17) is 5.10 Å². The van der Waals surface area contributed by atoms with Crippen LogP contribution in [-0.2, 0) is 12.7 Å². The second kappa shape index (κ2) is 9.23. The van der Waals surface area contributed by atoms with Crippen LogP contribution in [0.2, 0.25) is 0 Å². The highest BCUT2D eigenvalue weighted by molar-refractivity contribution is 5.93. The van der Waals surface area contributed by atoms with Crippen LogP contribution in [0.4, 0.5) is 13.2 Å². The third-order valence-electron chi connectivity index (χ3n) is 7.44. The molecule has 198 valence electrons. The van der Waals surface area contributed by atoms with Gasteiger partial charge in [0.25, 0.3) is 5.91 Å². The van der Waals surface area contributed by atoms with E-state index in [2.05, 4.69) is 21.9 Å². The lowest BCUT2D eigenvalue weighted by Gasteiger charge is -2.34. The Kier molecular flexibility index (Phi) is 5.97. The summed E-state index contributed by atoms with van der Waals surface area (Å²) in [5.41, 5.74) is 3.78. The number of amides is 1. The quantitative estimate of drug-likeness (QED) is 0.388. The zero-order valence-electron chi connectivity index (χ0n) is 21.2. The van der Waals surface area contributed by atoms with Gasteiger partial charge in [-0.1, -0.05) is 18.2 Å². The molecule has 1 saturated heterocycles. The summed E-state index contributed by atoms with van der Waals surface area (Å²) >= 11 is 0. The van der Waals surface area contributed by atoms with Crippen molar-refractivity contribution in [2.24, 2.45) is 0 Å². The van der Waals surface area contributed by atoms with Crippen molar-refractivity contribution in [1.82, 2.24) is 34.2 Å². The molecule has 1 aromatic carbocycles. The summed E-state index contributed by atoms with van der Waals surface area (Å²) < 4.78 is 43.9. The van der Waals surface area contributed by atoms with E-state index in [1.807, 2.05) is 41.9 Å². The standard InChI is InChI=1S/C27H28F3N7O/c1-17-21(18(2)36(32-17)20-6-4-3-5-7-20)16-34-10-12-35(13-11-34)26(38)23-15-25-31-22(19-8-9-19)14-24(27(28,29)30)37(25)33-23/h3-7,14-15,19H,8-13,16H2,1-2H3. The lowest BCUT2D eigenvalue weighted by atomic mass is 10.1. The largest absolute Gasteiger partial charge is 0.433 e. The van der Waals surface area contributed by atoms with Crippen LogP contribution in [0.15, 0.2) is 42.5 Å². The Labute approximate surface area is 217 Å². The minimum atomic E-state index is -4.59. The SMILES string of the molecule is Cc1nn(-c2ccccc2)c(C)c1CN1CCN(C(=O)c2cc3nc(C4CC4)cc(C(F)(F)F)n3n2)CC1. The number of hydrogen-bond donors (Lipinski definition) is 0. The summed E-state index contributed by atoms with van der Waals surface area (Å²) in [6.45, 7) is 6.99. The van der Waals surface area contributed by atoms with Crippen molar-refractivity contribution in [2.45, 2.75) is 45.3 Å². The first kappa shape index (κ1) is 24.6. The Bertz CT molecular complexity index is 1500. The number of benzene rings is 1. The van der Waals surface area contributed by atoms with E-state index in [1.165, 1.54) is 6.07 Å². The van der Waals surface area contributed by atoms with E-state index in [-0.39, 0.29) is 23.2 Å². The maximum atomic E-state index is 13.7. The molecular weight excluding hydrogens is 495 g/mol. The van der Waals surface area contributed by atoms with Crippen LogP contribution < -0.4 is 0 Å². The molecule has 0 bridgehead atoms. The molecule has 38 heavy (non-hydrogen) atoms. The van der Waals surface area contributed by atoms with E-state index in [9.17, 15) is 18.0 Å². The molecule has 3 aromatic heterocycles. The van der Waals surface area contributed by atoms with Crippen molar-refractivity contribution in [3.05, 3.63) is 76.5 Å². The number of rotatable bonds is 5. The number of aryl methyl sites for hydroxylation is 1. The fraction of sp³-hybridized carbons (Fsp3) is 0.407. The highest BCUT2D eigenvalue weighted by atomic mass is 19.4. The Morgan fingerprint density at radius 3 is 2.37 bits per heavy atom. The highest BCUT2D eigenvalue weighted by Crippen LogP contribution is 2.41. The van der Waals surface area contributed by atoms with Crippen LogP contribution in [0.1, 0.15) is 57.6 Å². The van der Waals surface area contributed by atoms with Crippen LogP contribution in [0, 0.1) is 13.8 Å². The van der Waals surface area contributed by atoms with E-state index in [1.54, 1.807) is 4.90 Å². The summed E-state index contributed by atoms with van der Waals surface area (Å²) in [5.74, 6) is -0.323. The van der Waals surface area contributed by atoms with Crippen molar-refractivity contribution in [2.75, 3.05) is 26.2 Å². The number of piperazine rings is 1. The van der Waals surface area contributed by atoms with Crippen molar-refractivity contribution < 1.29 is 18.0 Å². The van der Waals surface area contributed by atoms with Crippen LogP contribution in [-0.4, -0.2) is 66.3 Å². The van der Waals surface area contributed by atoms with Gasteiger partial charge in [0.15, 0.2) is 11.3 Å². The van der Waals surface area contributed by atoms with Crippen molar-refractivity contribution in [1.29, 1.82) is 0 Å². The molecule has 0 atom stereocenters. The van der Waals surface area contributed by atoms with Gasteiger partial charge >= 0.3 is 6.18 Å². The van der Waals surface area contributed by atoms with Gasteiger partial charge in [0, 0.05) is 61.7 Å². The number of aromatic nitrogens is 5. The number of fused-ring (bicyclic) bond motifs is 1. The third-order valence-corrected chi connectivity index (χ3v) is 7.44. The second-order valence-electron chi connectivity index (χ2n) is 10.1. The highest BCUT2D eigenvalue weighted by Gasteiger charge is 2.38. The minimum absolute atomic E-state index is 0.0137. The van der Waals surface area contributed by atoms with E-state index in [0.717, 1.165) is 46.1 Å². The fourth-order valence-corrected chi connectivity index (χ4v) is 5.11. The first-order chi connectivity index (χ1) is 18.2. The average molecular weight is 524 g/mol. The Hall–Kier alpha value is -3.73. The molecule has 1 amide bonds. The van der Waals surface area contributed by atoms with Crippen LogP contribution in [0.3, 0.4) is 0 Å². The zero-order chi connectivity index (χ0) is 26.6. The number of carbonyl (C=O) groups is 1. The van der Waals surface area contributed by atoms with Crippen LogP contribution in [0.25, 0.3) is 11.3 Å². The molecule has 1 saturated carbocycles. The second-order valence-corrected chi connectivity index (χ2v) is 10.1. The Balaban J connectivity index is 1.16. The molecule has 0 spiro atoms. The van der Waals surface area contributed by atoms with Crippen LogP contribution in [0.5, 0.6) is 0 Å². The van der Waals surface area contributed by atoms with Crippen molar-refractivity contribution >= 4 is 11.6 Å². The molecule has 6 rings (SSSR count). The molecule has 1 aliphatic carbocycles. The van der Waals surface area contributed by atoms with Gasteiger partial charge in [0.05, 0.1) is 11.4 Å². The van der Waals surface area contributed by atoms with E-state index >= 15 is 0 Å². The number of hydrogen-bond acceptors (Lipinski definition) is 5. The number of para-hydroxylation sites is 1. The molecule has 1 aliphatic heterocycles. The first-order valence-electron chi connectivity index (χ1n) is 12.8. The smallest absolute Gasteiger partial charge is 0.335 e. The summed E-state index contributed by atoms with van der Waals surface area (Å²) in [5, 5.41) is 8.76. The zero-order valence-corrected chi connectivity index (χ0v) is 21.2. The molecule has 4 aromatic rings. The van der Waals surface area contributed by atoms with Gasteiger partial charge in [-0.25, -0.2) is 14.2 Å². The molecule has 0 radical (unpaired) electrons. The molecule has 11 heteroatoms. The molecule has 8 nitrogen and oxygen atoms in total. The monoisotopic (exact) mass is 523 g/mol. The number of carbonyl (C=O) groups excluding carboxylic acids is 1. The van der Waals surface area contributed by atoms with Gasteiger partial charge in [-0.05, 0) is 44.9 Å². The van der Waals surface area contributed by atoms with Gasteiger partial charge < -0.3 is 4.90 Å². The topological polar surface area (TPSA) is 71.6 Å². The van der Waals surface area contributed by atoms with Gasteiger partial charge in [-0.3, -0.25) is 9.69 Å². The van der Waals surface area contributed by atoms with Gasteiger partial charge in [0.2, 0.25) is 0 Å². The van der Waals surface area contributed by atoms with Crippen molar-refractivity contribution in [3.8, 4) is 5.69 Å². The number of nitrogens with zero attached hydrogens (tertiary/aromatic N) is 7. The summed E-state index contributed by atoms with van der Waals surface area (Å²) in [6.07, 6.45) is -2.93. The fourth-order valence-electron chi connectivity index (χ4n) is 5.11. The average Bonchev–Trinajstić information content (AvgIpc) is 3.61. The van der Waals surface area contributed by atoms with Gasteiger partial charge in [0.1, 0.15) is 5.69 Å². The first-order valence-corrected chi connectivity index (χ1v) is 12.8. The molecular formula is C27H28F3N7O. The number of alkyl halides is 3. The molecule has 0 N–H and O–H groups in total. The Morgan fingerprint density at radius 2 is 1.71 bits per heavy atom. The lowest BCUT2D eigenvalue weighted by Crippen LogP contribution is -2.48. The van der Waals surface area contributed by atoms with E-state index < -0.39 is 11.9 Å². The molecule has 0 unspecified atom stereocenters. The Morgan fingerprint density at radius 1 is 1.00 bits per heavy atom. The normalized spacial score (nSPS) is 16.9. The van der Waals surface area contributed by atoms with Crippen molar-refractivity contribution in [3.63, 3.8) is 0 Å². The summed E-state index contributed by atoms with van der Waals surface area (Å²) in [4.78, 5) is 21.5. The summed E-state index contributed by atoms with van der Waals surface area (Å²) in [6, 6.07) is 12.4. The van der Waals surface area contributed by atoms with Crippen LogP contribution >= 0.6 is 0 Å². The molecule has 4 heterocycles.